The van der Waals surface area contributed by atoms with E-state index in [0.29, 0.717) is 5.56 Å². The van der Waals surface area contributed by atoms with Crippen molar-refractivity contribution < 1.29 is 8.78 Å². The van der Waals surface area contributed by atoms with E-state index in [4.69, 9.17) is 0 Å². The fourth-order valence-electron chi connectivity index (χ4n) is 4.66. The van der Waals surface area contributed by atoms with E-state index in [2.05, 4.69) is 29.9 Å². The summed E-state index contributed by atoms with van der Waals surface area (Å²) in [6.45, 7) is 6.16. The monoisotopic (exact) mass is 388 g/mol. The van der Waals surface area contributed by atoms with Crippen LogP contribution in [0.5, 0.6) is 0 Å². The van der Waals surface area contributed by atoms with Crippen LogP contribution in [0.25, 0.3) is 39.4 Å². The lowest BCUT2D eigenvalue weighted by molar-refractivity contribution is 0.629. The molecule has 0 amide bonds. The second kappa shape index (κ2) is 6.45. The fraction of sp³-hybridized carbons (Fsp3) is 0.200. The van der Waals surface area contributed by atoms with E-state index in [1.165, 1.54) is 6.07 Å². The SMILES string of the molecule is Cc1[nH]c(-c2cc(F)cc3[nH]ccc23)c(C(C)C)c1-c1c(F)ccc2c1C=CC2. The van der Waals surface area contributed by atoms with Gasteiger partial charge in [0.25, 0.3) is 0 Å². The van der Waals surface area contributed by atoms with Gasteiger partial charge in [0.1, 0.15) is 11.6 Å². The number of aromatic amines is 2. The number of fused-ring (bicyclic) bond motifs is 2. The average molecular weight is 388 g/mol. The zero-order valence-electron chi connectivity index (χ0n) is 16.7. The highest BCUT2D eigenvalue weighted by Crippen LogP contribution is 2.45. The molecule has 0 radical (unpaired) electrons. The number of hydrogen-bond donors (Lipinski definition) is 2. The molecule has 4 aromatic rings. The van der Waals surface area contributed by atoms with E-state index in [1.54, 1.807) is 12.1 Å². The van der Waals surface area contributed by atoms with E-state index < -0.39 is 0 Å². The van der Waals surface area contributed by atoms with Gasteiger partial charge in [-0.25, -0.2) is 8.78 Å². The van der Waals surface area contributed by atoms with Gasteiger partial charge in [-0.05, 0) is 60.2 Å². The summed E-state index contributed by atoms with van der Waals surface area (Å²) in [6, 6.07) is 8.43. The summed E-state index contributed by atoms with van der Waals surface area (Å²) < 4.78 is 29.5. The Morgan fingerprint density at radius 2 is 1.86 bits per heavy atom. The maximum absolute atomic E-state index is 15.1. The van der Waals surface area contributed by atoms with Crippen molar-refractivity contribution in [2.75, 3.05) is 0 Å². The summed E-state index contributed by atoms with van der Waals surface area (Å²) in [7, 11) is 0. The lowest BCUT2D eigenvalue weighted by atomic mass is 9.87. The summed E-state index contributed by atoms with van der Waals surface area (Å²) in [5.41, 5.74) is 7.93. The van der Waals surface area contributed by atoms with Crippen molar-refractivity contribution in [3.05, 3.63) is 76.6 Å². The molecule has 0 unspecified atom stereocenters. The Hall–Kier alpha value is -3.14. The van der Waals surface area contributed by atoms with Crippen molar-refractivity contribution in [3.8, 4) is 22.4 Å². The fourth-order valence-corrected chi connectivity index (χ4v) is 4.66. The predicted octanol–water partition coefficient (Wildman–Crippen LogP) is 7.11. The van der Waals surface area contributed by atoms with Gasteiger partial charge >= 0.3 is 0 Å². The molecule has 0 aliphatic heterocycles. The number of rotatable bonds is 3. The first-order valence-electron chi connectivity index (χ1n) is 9.93. The molecule has 0 spiro atoms. The molecule has 0 fully saturated rings. The van der Waals surface area contributed by atoms with Crippen LogP contribution in [0.4, 0.5) is 8.78 Å². The number of benzene rings is 2. The van der Waals surface area contributed by atoms with Gasteiger partial charge in [-0.1, -0.05) is 32.1 Å². The molecule has 2 nitrogen and oxygen atoms in total. The van der Waals surface area contributed by atoms with E-state index >= 15 is 4.39 Å². The van der Waals surface area contributed by atoms with Crippen LogP contribution in [0.15, 0.2) is 42.6 Å². The molecule has 146 valence electrons. The second-order valence-corrected chi connectivity index (χ2v) is 8.06. The standard InChI is InChI=1S/C25H22F2N2/c1-13(2)22-23(24-17-6-4-5-15(17)7-8-20(24)27)14(3)29-25(22)19-11-16(26)12-21-18(19)9-10-28-21/h4,6-13,28-29H,5H2,1-3H3. The number of halogens is 2. The van der Waals surface area contributed by atoms with Crippen molar-refractivity contribution in [1.82, 2.24) is 9.97 Å². The normalized spacial score (nSPS) is 13.0. The molecule has 1 aliphatic rings. The molecule has 4 heteroatoms. The molecule has 2 heterocycles. The van der Waals surface area contributed by atoms with Crippen molar-refractivity contribution >= 4 is 17.0 Å². The van der Waals surface area contributed by atoms with Crippen LogP contribution in [0.1, 0.15) is 42.1 Å². The molecule has 0 saturated heterocycles. The van der Waals surface area contributed by atoms with Crippen LogP contribution in [0, 0.1) is 18.6 Å². The Kier molecular flexibility index (Phi) is 3.98. The van der Waals surface area contributed by atoms with Crippen LogP contribution in [0.3, 0.4) is 0 Å². The first-order valence-corrected chi connectivity index (χ1v) is 9.93. The first-order chi connectivity index (χ1) is 14.0. The molecule has 0 bridgehead atoms. The van der Waals surface area contributed by atoms with Gasteiger partial charge in [0.05, 0.1) is 5.69 Å². The summed E-state index contributed by atoms with van der Waals surface area (Å²) in [5.74, 6) is -0.395. The summed E-state index contributed by atoms with van der Waals surface area (Å²) in [6.07, 6.45) is 6.72. The van der Waals surface area contributed by atoms with E-state index in [9.17, 15) is 4.39 Å². The minimum Gasteiger partial charge on any atom is -0.361 e. The molecule has 0 atom stereocenters. The zero-order chi connectivity index (χ0) is 20.3. The van der Waals surface area contributed by atoms with Gasteiger partial charge in [-0.15, -0.1) is 0 Å². The average Bonchev–Trinajstić information content (AvgIpc) is 3.39. The lowest BCUT2D eigenvalue weighted by Gasteiger charge is -2.16. The van der Waals surface area contributed by atoms with Crippen molar-refractivity contribution in [1.29, 1.82) is 0 Å². The molecule has 2 N–H and O–H groups in total. The third-order valence-corrected chi connectivity index (χ3v) is 5.86. The van der Waals surface area contributed by atoms with E-state index in [-0.39, 0.29) is 17.6 Å². The van der Waals surface area contributed by atoms with Gasteiger partial charge in [0.15, 0.2) is 0 Å². The van der Waals surface area contributed by atoms with Crippen LogP contribution in [0.2, 0.25) is 0 Å². The quantitative estimate of drug-likeness (QED) is 0.375. The second-order valence-electron chi connectivity index (χ2n) is 8.06. The Bertz CT molecular complexity index is 1290. The molecular weight excluding hydrogens is 366 g/mol. The van der Waals surface area contributed by atoms with Crippen molar-refractivity contribution in [3.63, 3.8) is 0 Å². The van der Waals surface area contributed by atoms with Gasteiger partial charge < -0.3 is 9.97 Å². The number of nitrogens with one attached hydrogen (secondary N) is 2. The minimum absolute atomic E-state index is 0.128. The number of H-pyrrole nitrogens is 2. The molecule has 29 heavy (non-hydrogen) atoms. The highest BCUT2D eigenvalue weighted by atomic mass is 19.1. The number of hydrogen-bond acceptors (Lipinski definition) is 0. The largest absolute Gasteiger partial charge is 0.361 e. The third-order valence-electron chi connectivity index (χ3n) is 5.86. The maximum atomic E-state index is 15.1. The van der Waals surface area contributed by atoms with Crippen LogP contribution < -0.4 is 0 Å². The number of aryl methyl sites for hydroxylation is 1. The zero-order valence-corrected chi connectivity index (χ0v) is 16.7. The predicted molar refractivity (Wildman–Crippen MR) is 115 cm³/mol. The highest BCUT2D eigenvalue weighted by molar-refractivity contribution is 5.97. The summed E-state index contributed by atoms with van der Waals surface area (Å²) in [4.78, 5) is 6.56. The molecule has 0 saturated carbocycles. The number of allylic oxidation sites excluding steroid dienone is 1. The van der Waals surface area contributed by atoms with Crippen LogP contribution in [-0.2, 0) is 6.42 Å². The van der Waals surface area contributed by atoms with Gasteiger partial charge in [0.2, 0.25) is 0 Å². The van der Waals surface area contributed by atoms with Crippen molar-refractivity contribution in [2.45, 2.75) is 33.1 Å². The summed E-state index contributed by atoms with van der Waals surface area (Å²) in [5, 5.41) is 0.944. The Morgan fingerprint density at radius 1 is 1.03 bits per heavy atom. The highest BCUT2D eigenvalue weighted by Gasteiger charge is 2.26. The van der Waals surface area contributed by atoms with Gasteiger partial charge in [-0.2, -0.15) is 0 Å². The Balaban J connectivity index is 1.86. The molecule has 2 aromatic heterocycles. The lowest BCUT2D eigenvalue weighted by Crippen LogP contribution is -1.98. The van der Waals surface area contributed by atoms with E-state index in [0.717, 1.165) is 56.5 Å². The molecule has 5 rings (SSSR count). The third kappa shape index (κ3) is 2.66. The Morgan fingerprint density at radius 3 is 2.66 bits per heavy atom. The van der Waals surface area contributed by atoms with E-state index in [1.807, 2.05) is 31.3 Å². The van der Waals surface area contributed by atoms with Crippen LogP contribution in [-0.4, -0.2) is 9.97 Å². The maximum Gasteiger partial charge on any atom is 0.131 e. The molecule has 2 aromatic carbocycles. The topological polar surface area (TPSA) is 31.6 Å². The molecular formula is C25H22F2N2. The smallest absolute Gasteiger partial charge is 0.131 e. The minimum atomic E-state index is -0.298. The van der Waals surface area contributed by atoms with Crippen molar-refractivity contribution in [2.24, 2.45) is 0 Å². The van der Waals surface area contributed by atoms with Gasteiger partial charge in [-0.3, -0.25) is 0 Å². The Labute approximate surface area is 168 Å². The van der Waals surface area contributed by atoms with Gasteiger partial charge in [0, 0.05) is 39.5 Å². The molecule has 1 aliphatic carbocycles. The van der Waals surface area contributed by atoms with Crippen LogP contribution >= 0.6 is 0 Å². The number of aromatic nitrogens is 2. The summed E-state index contributed by atoms with van der Waals surface area (Å²) >= 11 is 0. The first kappa shape index (κ1) is 17.9.